The van der Waals surface area contributed by atoms with E-state index >= 15 is 0 Å². The number of thioether (sulfide) groups is 1. The molecule has 0 fully saturated rings. The van der Waals surface area contributed by atoms with Crippen LogP contribution in [0.5, 0.6) is 0 Å². The van der Waals surface area contributed by atoms with Crippen LogP contribution in [-0.4, -0.2) is 20.8 Å². The molecule has 4 aromatic rings. The molecule has 0 unspecified atom stereocenters. The van der Waals surface area contributed by atoms with E-state index in [1.54, 1.807) is 12.1 Å². The molecular formula is C30H33ClFN5OS. The van der Waals surface area contributed by atoms with Crippen LogP contribution in [0.1, 0.15) is 67.6 Å². The van der Waals surface area contributed by atoms with E-state index in [1.165, 1.54) is 23.9 Å². The van der Waals surface area contributed by atoms with Gasteiger partial charge in [-0.1, -0.05) is 87.5 Å². The predicted octanol–water partition coefficient (Wildman–Crippen LogP) is 8.23. The standard InChI is InChI=1S/C30H33ClFN5OS/c1-18(2)24-7-6-8-25(19(3)4)28(24)34-29(38)33-16-27-35-36-30(39-17-21-10-13-23(32)14-11-21)37(27)26-15-22(31)12-9-20(26)5/h6-15,18-19H,16-17H2,1-5H3,(H2,33,34,38). The van der Waals surface area contributed by atoms with Crippen LogP contribution in [0.3, 0.4) is 0 Å². The van der Waals surface area contributed by atoms with Crippen molar-refractivity contribution in [2.75, 3.05) is 5.32 Å². The fourth-order valence-corrected chi connectivity index (χ4v) is 5.40. The molecule has 0 atom stereocenters. The van der Waals surface area contributed by atoms with Gasteiger partial charge in [-0.2, -0.15) is 0 Å². The Balaban J connectivity index is 1.58. The number of benzene rings is 3. The highest BCUT2D eigenvalue weighted by atomic mass is 35.5. The molecule has 3 aromatic carbocycles. The van der Waals surface area contributed by atoms with Gasteiger partial charge in [0.15, 0.2) is 11.0 Å². The van der Waals surface area contributed by atoms with Gasteiger partial charge in [0.25, 0.3) is 0 Å². The van der Waals surface area contributed by atoms with Crippen molar-refractivity contribution in [1.82, 2.24) is 20.1 Å². The van der Waals surface area contributed by atoms with Gasteiger partial charge in [-0.05, 0) is 65.3 Å². The van der Waals surface area contributed by atoms with E-state index < -0.39 is 0 Å². The predicted molar refractivity (Wildman–Crippen MR) is 158 cm³/mol. The van der Waals surface area contributed by atoms with Crippen LogP contribution in [0.2, 0.25) is 5.02 Å². The fraction of sp³-hybridized carbons (Fsp3) is 0.300. The number of hydrogen-bond donors (Lipinski definition) is 2. The Labute approximate surface area is 238 Å². The number of urea groups is 1. The number of amides is 2. The first-order valence-corrected chi connectivity index (χ1v) is 14.3. The molecule has 2 N–H and O–H groups in total. The normalized spacial score (nSPS) is 11.3. The van der Waals surface area contributed by atoms with Gasteiger partial charge in [-0.3, -0.25) is 4.57 Å². The maximum atomic E-state index is 13.3. The molecule has 6 nitrogen and oxygen atoms in total. The van der Waals surface area contributed by atoms with Crippen molar-refractivity contribution in [3.8, 4) is 5.69 Å². The van der Waals surface area contributed by atoms with Crippen molar-refractivity contribution in [1.29, 1.82) is 0 Å². The number of carbonyl (C=O) groups excluding carboxylic acids is 1. The maximum absolute atomic E-state index is 13.3. The summed E-state index contributed by atoms with van der Waals surface area (Å²) in [5.41, 5.74) is 5.81. The summed E-state index contributed by atoms with van der Waals surface area (Å²) in [6, 6.07) is 17.8. The molecule has 0 saturated heterocycles. The third-order valence-electron chi connectivity index (χ3n) is 6.41. The van der Waals surface area contributed by atoms with Gasteiger partial charge in [-0.15, -0.1) is 10.2 Å². The smallest absolute Gasteiger partial charge is 0.319 e. The Morgan fingerprint density at radius 2 is 1.67 bits per heavy atom. The molecule has 0 aliphatic carbocycles. The molecule has 9 heteroatoms. The summed E-state index contributed by atoms with van der Waals surface area (Å²) in [5, 5.41) is 16.1. The van der Waals surface area contributed by atoms with Gasteiger partial charge in [0.05, 0.1) is 12.2 Å². The van der Waals surface area contributed by atoms with Gasteiger partial charge in [0.2, 0.25) is 0 Å². The van der Waals surface area contributed by atoms with Crippen molar-refractivity contribution in [2.24, 2.45) is 0 Å². The highest BCUT2D eigenvalue weighted by Crippen LogP contribution is 2.32. The largest absolute Gasteiger partial charge is 0.331 e. The number of anilines is 1. The highest BCUT2D eigenvalue weighted by molar-refractivity contribution is 7.98. The zero-order valence-electron chi connectivity index (χ0n) is 22.8. The summed E-state index contributed by atoms with van der Waals surface area (Å²) >= 11 is 7.83. The molecule has 0 radical (unpaired) electrons. The summed E-state index contributed by atoms with van der Waals surface area (Å²) in [6.07, 6.45) is 0. The molecule has 0 bridgehead atoms. The lowest BCUT2D eigenvalue weighted by Gasteiger charge is -2.20. The van der Waals surface area contributed by atoms with Crippen molar-refractivity contribution < 1.29 is 9.18 Å². The molecular weight excluding hydrogens is 533 g/mol. The van der Waals surface area contributed by atoms with Crippen molar-refractivity contribution in [3.05, 3.63) is 99.6 Å². The molecule has 204 valence electrons. The number of halogens is 2. The number of rotatable bonds is 9. The zero-order chi connectivity index (χ0) is 28.1. The molecule has 39 heavy (non-hydrogen) atoms. The monoisotopic (exact) mass is 565 g/mol. The molecule has 0 saturated carbocycles. The number of carbonyl (C=O) groups is 1. The number of hydrogen-bond acceptors (Lipinski definition) is 4. The second kappa shape index (κ2) is 12.7. The van der Waals surface area contributed by atoms with Crippen LogP contribution in [0.25, 0.3) is 5.69 Å². The Morgan fingerprint density at radius 3 is 2.31 bits per heavy atom. The van der Waals surface area contributed by atoms with Crippen LogP contribution >= 0.6 is 23.4 Å². The number of aromatic nitrogens is 3. The van der Waals surface area contributed by atoms with E-state index in [0.29, 0.717) is 21.8 Å². The topological polar surface area (TPSA) is 71.8 Å². The first-order chi connectivity index (χ1) is 18.6. The van der Waals surface area contributed by atoms with E-state index in [0.717, 1.165) is 33.6 Å². The van der Waals surface area contributed by atoms with Crippen LogP contribution < -0.4 is 10.6 Å². The highest BCUT2D eigenvalue weighted by Gasteiger charge is 2.19. The number of para-hydroxylation sites is 1. The summed E-state index contributed by atoms with van der Waals surface area (Å²) in [6.45, 7) is 10.6. The zero-order valence-corrected chi connectivity index (χ0v) is 24.3. The van der Waals surface area contributed by atoms with Crippen LogP contribution in [0.4, 0.5) is 14.9 Å². The van der Waals surface area contributed by atoms with Crippen LogP contribution in [-0.2, 0) is 12.3 Å². The van der Waals surface area contributed by atoms with Crippen molar-refractivity contribution >= 4 is 35.1 Å². The van der Waals surface area contributed by atoms with Crippen molar-refractivity contribution in [3.63, 3.8) is 0 Å². The fourth-order valence-electron chi connectivity index (χ4n) is 4.31. The van der Waals surface area contributed by atoms with Gasteiger partial charge >= 0.3 is 6.03 Å². The lowest BCUT2D eigenvalue weighted by molar-refractivity contribution is 0.251. The quantitative estimate of drug-likeness (QED) is 0.200. The van der Waals surface area contributed by atoms with Gasteiger partial charge in [0.1, 0.15) is 5.82 Å². The van der Waals surface area contributed by atoms with Gasteiger partial charge < -0.3 is 10.6 Å². The van der Waals surface area contributed by atoms with E-state index in [9.17, 15) is 9.18 Å². The first kappa shape index (κ1) is 28.6. The van der Waals surface area contributed by atoms with Crippen molar-refractivity contribution in [2.45, 2.75) is 63.9 Å². The molecule has 0 aliphatic heterocycles. The minimum Gasteiger partial charge on any atom is -0.331 e. The average molecular weight is 566 g/mol. The third kappa shape index (κ3) is 6.99. The Bertz CT molecular complexity index is 1430. The SMILES string of the molecule is Cc1ccc(Cl)cc1-n1c(CNC(=O)Nc2c(C(C)C)cccc2C(C)C)nnc1SCc1ccc(F)cc1. The van der Waals surface area contributed by atoms with Gasteiger partial charge in [-0.25, -0.2) is 9.18 Å². The van der Waals surface area contributed by atoms with Gasteiger partial charge in [0, 0.05) is 16.5 Å². The minimum atomic E-state index is -0.317. The molecule has 1 aromatic heterocycles. The number of nitrogens with zero attached hydrogens (tertiary/aromatic N) is 3. The number of aryl methyl sites for hydroxylation is 1. The minimum absolute atomic E-state index is 0.156. The molecule has 0 aliphatic rings. The van der Waals surface area contributed by atoms with Crippen LogP contribution in [0, 0.1) is 12.7 Å². The number of nitrogens with one attached hydrogen (secondary N) is 2. The molecule has 4 rings (SSSR count). The summed E-state index contributed by atoms with van der Waals surface area (Å²) in [7, 11) is 0. The Kier molecular flexibility index (Phi) is 9.30. The van der Waals surface area contributed by atoms with E-state index in [1.807, 2.05) is 35.8 Å². The maximum Gasteiger partial charge on any atom is 0.319 e. The van der Waals surface area contributed by atoms with Crippen LogP contribution in [0.15, 0.2) is 65.8 Å². The summed E-state index contributed by atoms with van der Waals surface area (Å²) < 4.78 is 15.3. The molecule has 1 heterocycles. The summed E-state index contributed by atoms with van der Waals surface area (Å²) in [4.78, 5) is 13.1. The average Bonchev–Trinajstić information content (AvgIpc) is 3.30. The molecule has 2 amide bonds. The Morgan fingerprint density at radius 1 is 1.00 bits per heavy atom. The summed E-state index contributed by atoms with van der Waals surface area (Å²) in [5.74, 6) is 1.39. The first-order valence-electron chi connectivity index (χ1n) is 12.9. The second-order valence-electron chi connectivity index (χ2n) is 10.0. The van der Waals surface area contributed by atoms with E-state index in [4.69, 9.17) is 11.6 Å². The van der Waals surface area contributed by atoms with E-state index in [-0.39, 0.29) is 30.2 Å². The Hall–Kier alpha value is -3.36. The van der Waals surface area contributed by atoms with E-state index in [2.05, 4.69) is 60.7 Å². The third-order valence-corrected chi connectivity index (χ3v) is 7.65. The molecule has 0 spiro atoms. The second-order valence-corrected chi connectivity index (χ2v) is 11.4. The lowest BCUT2D eigenvalue weighted by atomic mass is 9.93. The lowest BCUT2D eigenvalue weighted by Crippen LogP contribution is -2.30.